The van der Waals surface area contributed by atoms with Crippen molar-refractivity contribution >= 4 is 0 Å². The second kappa shape index (κ2) is 7.79. The number of aromatic nitrogens is 1. The summed E-state index contributed by atoms with van der Waals surface area (Å²) in [6, 6.07) is 12.2. The topological polar surface area (TPSA) is 34.1 Å². The Balaban J connectivity index is 2.15. The maximum atomic E-state index is 5.41. The second-order valence-corrected chi connectivity index (χ2v) is 5.17. The Kier molecular flexibility index (Phi) is 5.76. The summed E-state index contributed by atoms with van der Waals surface area (Å²) >= 11 is 0. The molecule has 3 heteroatoms. The molecule has 0 bridgehead atoms. The van der Waals surface area contributed by atoms with E-state index < -0.39 is 0 Å². The van der Waals surface area contributed by atoms with E-state index in [2.05, 4.69) is 31.3 Å². The van der Waals surface area contributed by atoms with Gasteiger partial charge in [0.25, 0.3) is 0 Å². The zero-order valence-electron chi connectivity index (χ0n) is 13.1. The second-order valence-electron chi connectivity index (χ2n) is 5.17. The molecule has 0 fully saturated rings. The van der Waals surface area contributed by atoms with Crippen molar-refractivity contribution in [1.82, 2.24) is 10.3 Å². The molecule has 0 amide bonds. The summed E-state index contributed by atoms with van der Waals surface area (Å²) in [6.45, 7) is 6.21. The van der Waals surface area contributed by atoms with Crippen molar-refractivity contribution in [3.63, 3.8) is 0 Å². The van der Waals surface area contributed by atoms with E-state index in [9.17, 15) is 0 Å². The van der Waals surface area contributed by atoms with Crippen LogP contribution in [0.1, 0.15) is 31.0 Å². The van der Waals surface area contributed by atoms with Gasteiger partial charge in [0.05, 0.1) is 12.8 Å². The van der Waals surface area contributed by atoms with Gasteiger partial charge in [-0.1, -0.05) is 31.5 Å². The highest BCUT2D eigenvalue weighted by atomic mass is 16.5. The van der Waals surface area contributed by atoms with Gasteiger partial charge in [-0.3, -0.25) is 4.98 Å². The zero-order chi connectivity index (χ0) is 15.1. The first-order valence-corrected chi connectivity index (χ1v) is 7.57. The number of ether oxygens (including phenoxy) is 1. The molecule has 2 aromatic rings. The van der Waals surface area contributed by atoms with Crippen LogP contribution in [0.5, 0.6) is 5.75 Å². The maximum Gasteiger partial charge on any atom is 0.128 e. The van der Waals surface area contributed by atoms with Crippen LogP contribution in [0.4, 0.5) is 0 Å². The number of benzene rings is 1. The Morgan fingerprint density at radius 2 is 1.95 bits per heavy atom. The van der Waals surface area contributed by atoms with Crippen molar-refractivity contribution in [1.29, 1.82) is 0 Å². The summed E-state index contributed by atoms with van der Waals surface area (Å²) in [6.07, 6.45) is 2.43. The number of hydrogen-bond acceptors (Lipinski definition) is 3. The van der Waals surface area contributed by atoms with E-state index in [-0.39, 0.29) is 0 Å². The number of unbranched alkanes of at least 4 members (excludes halogenated alkanes) is 1. The molecule has 0 radical (unpaired) electrons. The Bertz CT molecular complexity index is 581. The van der Waals surface area contributed by atoms with E-state index >= 15 is 0 Å². The van der Waals surface area contributed by atoms with Crippen LogP contribution < -0.4 is 10.1 Å². The van der Waals surface area contributed by atoms with Crippen LogP contribution in [0.2, 0.25) is 0 Å². The highest BCUT2D eigenvalue weighted by Gasteiger charge is 2.08. The summed E-state index contributed by atoms with van der Waals surface area (Å²) in [5.41, 5.74) is 4.32. The number of pyridine rings is 1. The zero-order valence-corrected chi connectivity index (χ0v) is 13.1. The highest BCUT2D eigenvalue weighted by Crippen LogP contribution is 2.28. The molecule has 1 heterocycles. The standard InChI is InChI=1S/C18H24N2O/c1-4-5-12-19-13-15-10-11-17(20-14(15)2)16-8-6-7-9-18(16)21-3/h6-11,19H,4-5,12-13H2,1-3H3. The van der Waals surface area contributed by atoms with Crippen molar-refractivity contribution in [3.05, 3.63) is 47.7 Å². The van der Waals surface area contributed by atoms with E-state index in [0.717, 1.165) is 35.8 Å². The maximum absolute atomic E-state index is 5.41. The van der Waals surface area contributed by atoms with E-state index in [1.807, 2.05) is 24.3 Å². The lowest BCUT2D eigenvalue weighted by Crippen LogP contribution is -2.15. The van der Waals surface area contributed by atoms with Crippen LogP contribution in [-0.2, 0) is 6.54 Å². The van der Waals surface area contributed by atoms with Crippen molar-refractivity contribution < 1.29 is 4.74 Å². The molecular formula is C18H24N2O. The van der Waals surface area contributed by atoms with E-state index in [0.29, 0.717) is 0 Å². The van der Waals surface area contributed by atoms with Crippen LogP contribution >= 0.6 is 0 Å². The number of para-hydroxylation sites is 1. The van der Waals surface area contributed by atoms with Gasteiger partial charge in [-0.15, -0.1) is 0 Å². The van der Waals surface area contributed by atoms with Gasteiger partial charge in [0.15, 0.2) is 0 Å². The molecule has 1 aromatic heterocycles. The summed E-state index contributed by atoms with van der Waals surface area (Å²) in [7, 11) is 1.69. The first kappa shape index (κ1) is 15.5. The third-order valence-electron chi connectivity index (χ3n) is 3.60. The van der Waals surface area contributed by atoms with Crippen molar-refractivity contribution in [3.8, 4) is 17.0 Å². The third-order valence-corrected chi connectivity index (χ3v) is 3.60. The molecule has 0 atom stereocenters. The lowest BCUT2D eigenvalue weighted by molar-refractivity contribution is 0.416. The normalized spacial score (nSPS) is 10.6. The van der Waals surface area contributed by atoms with Gasteiger partial charge >= 0.3 is 0 Å². The minimum absolute atomic E-state index is 0.859. The number of nitrogens with one attached hydrogen (secondary N) is 1. The van der Waals surface area contributed by atoms with E-state index in [4.69, 9.17) is 9.72 Å². The fraction of sp³-hybridized carbons (Fsp3) is 0.389. The van der Waals surface area contributed by atoms with Crippen molar-refractivity contribution in [2.45, 2.75) is 33.2 Å². The average molecular weight is 284 g/mol. The molecule has 0 aliphatic heterocycles. The summed E-state index contributed by atoms with van der Waals surface area (Å²) < 4.78 is 5.41. The van der Waals surface area contributed by atoms with Crippen LogP contribution in [0, 0.1) is 6.92 Å². The molecule has 1 aromatic carbocycles. The Morgan fingerprint density at radius 3 is 2.67 bits per heavy atom. The van der Waals surface area contributed by atoms with E-state index in [1.165, 1.54) is 18.4 Å². The Labute approximate surface area is 127 Å². The largest absolute Gasteiger partial charge is 0.496 e. The molecular weight excluding hydrogens is 260 g/mol. The SMILES string of the molecule is CCCCNCc1ccc(-c2ccccc2OC)nc1C. The monoisotopic (exact) mass is 284 g/mol. The number of rotatable bonds is 7. The minimum Gasteiger partial charge on any atom is -0.496 e. The first-order valence-electron chi connectivity index (χ1n) is 7.57. The van der Waals surface area contributed by atoms with Crippen LogP contribution in [-0.4, -0.2) is 18.6 Å². The lowest BCUT2D eigenvalue weighted by atomic mass is 10.1. The predicted octanol–water partition coefficient (Wildman–Crippen LogP) is 3.96. The first-order chi connectivity index (χ1) is 10.3. The van der Waals surface area contributed by atoms with Crippen LogP contribution in [0.25, 0.3) is 11.3 Å². The smallest absolute Gasteiger partial charge is 0.128 e. The van der Waals surface area contributed by atoms with Gasteiger partial charge in [-0.2, -0.15) is 0 Å². The van der Waals surface area contributed by atoms with Crippen molar-refractivity contribution in [2.24, 2.45) is 0 Å². The molecule has 0 saturated heterocycles. The number of hydrogen-bond donors (Lipinski definition) is 1. The number of nitrogens with zero attached hydrogens (tertiary/aromatic N) is 1. The third kappa shape index (κ3) is 4.05. The van der Waals surface area contributed by atoms with Gasteiger partial charge in [0, 0.05) is 17.8 Å². The number of aryl methyl sites for hydroxylation is 1. The summed E-state index contributed by atoms with van der Waals surface area (Å²) in [5.74, 6) is 0.859. The van der Waals surface area contributed by atoms with Gasteiger partial charge in [0.2, 0.25) is 0 Å². The molecule has 0 aliphatic rings. The molecule has 2 rings (SSSR count). The van der Waals surface area contributed by atoms with Gasteiger partial charge in [-0.25, -0.2) is 0 Å². The molecule has 3 nitrogen and oxygen atoms in total. The Hall–Kier alpha value is -1.87. The quantitative estimate of drug-likeness (QED) is 0.782. The van der Waals surface area contributed by atoms with E-state index in [1.54, 1.807) is 7.11 Å². The lowest BCUT2D eigenvalue weighted by Gasteiger charge is -2.11. The fourth-order valence-corrected chi connectivity index (χ4v) is 2.31. The van der Waals surface area contributed by atoms with Gasteiger partial charge in [0.1, 0.15) is 5.75 Å². The van der Waals surface area contributed by atoms with Gasteiger partial charge in [-0.05, 0) is 43.7 Å². The van der Waals surface area contributed by atoms with Crippen LogP contribution in [0.15, 0.2) is 36.4 Å². The minimum atomic E-state index is 0.859. The fourth-order valence-electron chi connectivity index (χ4n) is 2.31. The highest BCUT2D eigenvalue weighted by molar-refractivity contribution is 5.67. The predicted molar refractivity (Wildman–Crippen MR) is 87.6 cm³/mol. The average Bonchev–Trinajstić information content (AvgIpc) is 2.52. The number of methoxy groups -OCH3 is 1. The summed E-state index contributed by atoms with van der Waals surface area (Å²) in [4.78, 5) is 4.73. The Morgan fingerprint density at radius 1 is 1.14 bits per heavy atom. The molecule has 0 aliphatic carbocycles. The molecule has 0 spiro atoms. The molecule has 0 unspecified atom stereocenters. The molecule has 0 saturated carbocycles. The van der Waals surface area contributed by atoms with Crippen LogP contribution in [0.3, 0.4) is 0 Å². The molecule has 21 heavy (non-hydrogen) atoms. The van der Waals surface area contributed by atoms with Crippen molar-refractivity contribution in [2.75, 3.05) is 13.7 Å². The molecule has 112 valence electrons. The molecule has 1 N–H and O–H groups in total. The van der Waals surface area contributed by atoms with Gasteiger partial charge < -0.3 is 10.1 Å². The summed E-state index contributed by atoms with van der Waals surface area (Å²) in [5, 5.41) is 3.46.